The number of hydrogen-bond donors (Lipinski definition) is 4. The van der Waals surface area contributed by atoms with E-state index >= 15 is 0 Å². The summed E-state index contributed by atoms with van der Waals surface area (Å²) in [6.45, 7) is 0.371. The number of hydrogen-bond acceptors (Lipinski definition) is 7. The van der Waals surface area contributed by atoms with Crippen LogP contribution in [-0.4, -0.2) is 82.9 Å². The Morgan fingerprint density at radius 1 is 1.11 bits per heavy atom. The molecule has 0 spiro atoms. The molecule has 0 radical (unpaired) electrons. The lowest BCUT2D eigenvalue weighted by Gasteiger charge is -2.29. The monoisotopic (exact) mass is 420 g/mol. The van der Waals surface area contributed by atoms with E-state index in [-0.39, 0.29) is 19.4 Å². The Kier molecular flexibility index (Phi) is 5.31. The topological polar surface area (TPSA) is 192 Å². The highest BCUT2D eigenvalue weighted by molar-refractivity contribution is 7.80. The molecule has 28 heavy (non-hydrogen) atoms. The van der Waals surface area contributed by atoms with Gasteiger partial charge in [0.05, 0.1) is 6.04 Å². The van der Waals surface area contributed by atoms with Gasteiger partial charge in [0.25, 0.3) is 11.8 Å². The van der Waals surface area contributed by atoms with E-state index in [4.69, 9.17) is 10.3 Å². The second-order valence-corrected chi connectivity index (χ2v) is 7.68. The Labute approximate surface area is 159 Å². The number of nitrogens with one attached hydrogen (secondary N) is 2. The molecule has 15 heteroatoms. The molecule has 5 N–H and O–H groups in total. The van der Waals surface area contributed by atoms with E-state index in [0.717, 1.165) is 4.90 Å². The van der Waals surface area contributed by atoms with Crippen molar-refractivity contribution in [3.63, 3.8) is 0 Å². The van der Waals surface area contributed by atoms with Crippen LogP contribution in [0.4, 0.5) is 9.59 Å². The summed E-state index contributed by atoms with van der Waals surface area (Å²) in [4.78, 5) is 50.5. The molecule has 3 atom stereocenters. The van der Waals surface area contributed by atoms with E-state index in [1.165, 1.54) is 4.90 Å². The average molecular weight is 420 g/mol. The van der Waals surface area contributed by atoms with Crippen molar-refractivity contribution in [2.75, 3.05) is 13.1 Å². The van der Waals surface area contributed by atoms with Crippen LogP contribution in [-0.2, 0) is 24.3 Å². The number of nitrogens with zero attached hydrogens (tertiary/aromatic N) is 3. The van der Waals surface area contributed by atoms with Crippen molar-refractivity contribution in [3.05, 3.63) is 0 Å². The minimum Gasteiger partial charge on any atom is -0.351 e. The number of nitrogens with two attached hydrogens (primary N) is 1. The van der Waals surface area contributed by atoms with Crippen LogP contribution in [0, 0.1) is 0 Å². The van der Waals surface area contributed by atoms with Crippen LogP contribution in [0.15, 0.2) is 0 Å². The third kappa shape index (κ3) is 3.95. The van der Waals surface area contributed by atoms with Crippen LogP contribution < -0.4 is 16.6 Å². The normalized spacial score (nSPS) is 27.1. The number of piperidine rings is 1. The van der Waals surface area contributed by atoms with E-state index in [1.54, 1.807) is 0 Å². The predicted molar refractivity (Wildman–Crippen MR) is 89.0 cm³/mol. The quantitative estimate of drug-likeness (QED) is 0.287. The third-order valence-electron chi connectivity index (χ3n) is 4.95. The number of hydrazine groups is 1. The first-order chi connectivity index (χ1) is 13.1. The predicted octanol–water partition coefficient (Wildman–Crippen LogP) is -2.32. The molecule has 3 heterocycles. The number of carbonyl (C=O) groups excluding carboxylic acids is 4. The minimum atomic E-state index is -4.88. The first-order valence-corrected chi connectivity index (χ1v) is 9.87. The van der Waals surface area contributed by atoms with Gasteiger partial charge in [0.15, 0.2) is 0 Å². The molecule has 0 saturated carbocycles. The van der Waals surface area contributed by atoms with Gasteiger partial charge >= 0.3 is 22.5 Å². The number of primary amides is 1. The molecule has 3 aliphatic heterocycles. The summed E-state index contributed by atoms with van der Waals surface area (Å²) >= 11 is 0. The molecule has 0 aromatic heterocycles. The van der Waals surface area contributed by atoms with Gasteiger partial charge in [-0.3, -0.25) is 25.0 Å². The summed E-state index contributed by atoms with van der Waals surface area (Å²) in [7, 11) is -4.88. The Balaban J connectivity index is 1.58. The standard InChI is InChI=1S/C13H20N6O8S/c14-12(22)17-5-1-2-8(17)10(20)15-16-11(21)9-4-3-7-6-18(9)13(23)19(7)27-28(24,25)26/h7-9H,1-6H2,(H2,14,22)(H,15,20)(H,16,21)(H,24,25,26)/t7?,8-,9?/m0/s1. The summed E-state index contributed by atoms with van der Waals surface area (Å²) in [5.74, 6) is -1.29. The van der Waals surface area contributed by atoms with Crippen LogP contribution in [0.1, 0.15) is 25.7 Å². The van der Waals surface area contributed by atoms with E-state index < -0.39 is 52.4 Å². The van der Waals surface area contributed by atoms with Crippen molar-refractivity contribution in [2.45, 2.75) is 43.8 Å². The van der Waals surface area contributed by atoms with Gasteiger partial charge in [-0.25, -0.2) is 9.59 Å². The van der Waals surface area contributed by atoms with Gasteiger partial charge in [-0.05, 0) is 25.7 Å². The molecule has 3 saturated heterocycles. The van der Waals surface area contributed by atoms with Gasteiger partial charge in [-0.1, -0.05) is 0 Å². The molecule has 2 unspecified atom stereocenters. The minimum absolute atomic E-state index is 0.0263. The molecule has 6 amide bonds. The Morgan fingerprint density at radius 2 is 1.75 bits per heavy atom. The summed E-state index contributed by atoms with van der Waals surface area (Å²) in [5.41, 5.74) is 9.65. The maximum atomic E-state index is 12.4. The Morgan fingerprint density at radius 3 is 2.36 bits per heavy atom. The van der Waals surface area contributed by atoms with Gasteiger partial charge in [0.1, 0.15) is 12.1 Å². The number of fused-ring (bicyclic) bond motifs is 2. The fraction of sp³-hybridized carbons (Fsp3) is 0.692. The highest BCUT2D eigenvalue weighted by atomic mass is 32.3. The van der Waals surface area contributed by atoms with Gasteiger partial charge < -0.3 is 15.5 Å². The highest BCUT2D eigenvalue weighted by Gasteiger charge is 2.49. The van der Waals surface area contributed by atoms with Crippen molar-refractivity contribution in [1.82, 2.24) is 25.7 Å². The molecule has 0 aromatic carbocycles. The summed E-state index contributed by atoms with van der Waals surface area (Å²) in [5, 5.41) is 0.518. The number of hydroxylamine groups is 2. The molecule has 156 valence electrons. The lowest BCUT2D eigenvalue weighted by Crippen LogP contribution is -2.57. The van der Waals surface area contributed by atoms with Crippen molar-refractivity contribution in [1.29, 1.82) is 0 Å². The van der Waals surface area contributed by atoms with Crippen LogP contribution in [0.25, 0.3) is 0 Å². The number of likely N-dealkylation sites (tertiary alicyclic amines) is 1. The molecule has 14 nitrogen and oxygen atoms in total. The molecule has 3 aliphatic rings. The fourth-order valence-corrected chi connectivity index (χ4v) is 4.09. The van der Waals surface area contributed by atoms with Gasteiger partial charge in [-0.2, -0.15) is 13.5 Å². The van der Waals surface area contributed by atoms with Crippen LogP contribution in [0.5, 0.6) is 0 Å². The largest absolute Gasteiger partial charge is 0.418 e. The Hall–Kier alpha value is -2.65. The molecular formula is C13H20N6O8S. The molecule has 2 bridgehead atoms. The molecule has 0 aliphatic carbocycles. The maximum Gasteiger partial charge on any atom is 0.418 e. The number of amides is 6. The SMILES string of the molecule is NC(=O)N1CCC[C@H]1C(=O)NNC(=O)C1CCC2CN1C(=O)N2OS(=O)(=O)O. The fourth-order valence-electron chi connectivity index (χ4n) is 3.70. The summed E-state index contributed by atoms with van der Waals surface area (Å²) < 4.78 is 34.8. The second-order valence-electron chi connectivity index (χ2n) is 6.68. The number of rotatable bonds is 4. The van der Waals surface area contributed by atoms with E-state index in [2.05, 4.69) is 15.1 Å². The maximum absolute atomic E-state index is 12.4. The third-order valence-corrected chi connectivity index (χ3v) is 5.30. The van der Waals surface area contributed by atoms with Crippen molar-refractivity contribution >= 4 is 34.3 Å². The second kappa shape index (κ2) is 7.40. The summed E-state index contributed by atoms with van der Waals surface area (Å²) in [6.07, 6.45) is 1.45. The van der Waals surface area contributed by atoms with Crippen molar-refractivity contribution in [3.8, 4) is 0 Å². The zero-order chi connectivity index (χ0) is 20.6. The van der Waals surface area contributed by atoms with Gasteiger partial charge in [0.2, 0.25) is 0 Å². The van der Waals surface area contributed by atoms with Crippen molar-refractivity contribution < 1.29 is 36.4 Å². The molecule has 0 aromatic rings. The zero-order valence-corrected chi connectivity index (χ0v) is 15.4. The van der Waals surface area contributed by atoms with E-state index in [0.29, 0.717) is 24.4 Å². The highest BCUT2D eigenvalue weighted by Crippen LogP contribution is 2.30. The van der Waals surface area contributed by atoms with E-state index in [1.807, 2.05) is 0 Å². The molecule has 3 fully saturated rings. The lowest BCUT2D eigenvalue weighted by atomic mass is 10.0. The van der Waals surface area contributed by atoms with Crippen LogP contribution in [0.3, 0.4) is 0 Å². The van der Waals surface area contributed by atoms with E-state index in [9.17, 15) is 27.6 Å². The number of carbonyl (C=O) groups is 4. The van der Waals surface area contributed by atoms with Crippen LogP contribution >= 0.6 is 0 Å². The number of urea groups is 2. The molecule has 3 rings (SSSR count). The smallest absolute Gasteiger partial charge is 0.351 e. The molecular weight excluding hydrogens is 400 g/mol. The van der Waals surface area contributed by atoms with Gasteiger partial charge in [0, 0.05) is 13.1 Å². The zero-order valence-electron chi connectivity index (χ0n) is 14.6. The lowest BCUT2D eigenvalue weighted by molar-refractivity contribution is -0.133. The Bertz CT molecular complexity index is 803. The first-order valence-electron chi connectivity index (χ1n) is 8.51. The van der Waals surface area contributed by atoms with Crippen molar-refractivity contribution in [2.24, 2.45) is 5.73 Å². The van der Waals surface area contributed by atoms with Crippen LogP contribution in [0.2, 0.25) is 0 Å². The van der Waals surface area contributed by atoms with Gasteiger partial charge in [-0.15, -0.1) is 4.28 Å². The summed E-state index contributed by atoms with van der Waals surface area (Å²) in [6, 6.07) is -4.00. The average Bonchev–Trinajstić information content (AvgIpc) is 3.19. The first kappa shape index (κ1) is 20.1.